The summed E-state index contributed by atoms with van der Waals surface area (Å²) in [6.45, 7) is 20.1. The molecule has 300 valence electrons. The molecule has 0 aliphatic carbocycles. The number of hydrogen-bond donors (Lipinski definition) is 0. The first-order valence-electron chi connectivity index (χ1n) is 19.0. The largest absolute Gasteiger partial charge is 0.379 e. The number of ether oxygens (including phenoxy) is 13. The minimum Gasteiger partial charge on any atom is -0.379 e. The van der Waals surface area contributed by atoms with Crippen LogP contribution in [-0.2, 0) is 61.6 Å². The number of hydrogen-bond acceptors (Lipinski definition) is 13. The Bertz CT molecular complexity index is 604. The maximum atomic E-state index is 5.62. The zero-order valence-corrected chi connectivity index (χ0v) is 31.6. The fraction of sp³-hybridized carbons (Fsp3) is 0.946. The van der Waals surface area contributed by atoms with Gasteiger partial charge in [0.1, 0.15) is 0 Å². The summed E-state index contributed by atoms with van der Waals surface area (Å²) in [5.74, 6) is 0. The Hall–Kier alpha value is -0.780. The van der Waals surface area contributed by atoms with Crippen molar-refractivity contribution in [3.8, 4) is 0 Å². The number of rotatable bonds is 47. The average Bonchev–Trinajstić information content (AvgIpc) is 3.13. The topological polar surface area (TPSA) is 120 Å². The van der Waals surface area contributed by atoms with E-state index in [4.69, 9.17) is 61.6 Å². The first-order valence-corrected chi connectivity index (χ1v) is 19.0. The Morgan fingerprint density at radius 2 is 0.460 bits per heavy atom. The van der Waals surface area contributed by atoms with E-state index in [1.807, 2.05) is 0 Å². The number of unbranched alkanes of at least 4 members (excludes halogenated alkanes) is 7. The third kappa shape index (κ3) is 47.2. The second kappa shape index (κ2) is 48.2. The van der Waals surface area contributed by atoms with Gasteiger partial charge in [-0.3, -0.25) is 0 Å². The summed E-state index contributed by atoms with van der Waals surface area (Å²) < 4.78 is 71.1. The van der Waals surface area contributed by atoms with Crippen LogP contribution in [0.4, 0.5) is 0 Å². The van der Waals surface area contributed by atoms with Crippen molar-refractivity contribution in [1.82, 2.24) is 0 Å². The van der Waals surface area contributed by atoms with Crippen molar-refractivity contribution in [3.63, 3.8) is 0 Å². The van der Waals surface area contributed by atoms with Crippen LogP contribution in [0.25, 0.3) is 0 Å². The van der Waals surface area contributed by atoms with Crippen LogP contribution in [0.1, 0.15) is 58.3 Å². The summed E-state index contributed by atoms with van der Waals surface area (Å²) >= 11 is 0. The van der Waals surface area contributed by atoms with Gasteiger partial charge in [0.15, 0.2) is 0 Å². The second-order valence-corrected chi connectivity index (χ2v) is 11.2. The molecule has 0 amide bonds. The maximum absolute atomic E-state index is 5.62. The molecule has 13 nitrogen and oxygen atoms in total. The van der Waals surface area contributed by atoms with Gasteiger partial charge in [-0.05, 0) is 6.42 Å². The summed E-state index contributed by atoms with van der Waals surface area (Å²) in [5.41, 5.74) is 0. The molecule has 0 rings (SSSR count). The Kier molecular flexibility index (Phi) is 47.5. The van der Waals surface area contributed by atoms with Gasteiger partial charge >= 0.3 is 0 Å². The molecule has 0 aliphatic rings. The van der Waals surface area contributed by atoms with Gasteiger partial charge in [0.2, 0.25) is 0 Å². The fourth-order valence-electron chi connectivity index (χ4n) is 4.14. The summed E-state index contributed by atoms with van der Waals surface area (Å²) in [7, 11) is 0. The van der Waals surface area contributed by atoms with Crippen LogP contribution < -0.4 is 0 Å². The Morgan fingerprint density at radius 1 is 0.260 bits per heavy atom. The zero-order chi connectivity index (χ0) is 35.9. The molecule has 0 fully saturated rings. The lowest BCUT2D eigenvalue weighted by atomic mass is 10.1. The van der Waals surface area contributed by atoms with E-state index in [9.17, 15) is 0 Å². The smallest absolute Gasteiger partial charge is 0.0704 e. The zero-order valence-electron chi connectivity index (χ0n) is 31.6. The molecule has 0 aromatic carbocycles. The molecule has 0 radical (unpaired) electrons. The predicted octanol–water partition coefficient (Wildman–Crippen LogP) is 4.53. The van der Waals surface area contributed by atoms with E-state index in [0.29, 0.717) is 165 Å². The van der Waals surface area contributed by atoms with E-state index in [2.05, 4.69) is 13.5 Å². The van der Waals surface area contributed by atoms with E-state index in [-0.39, 0.29) is 0 Å². The standard InChI is InChI=1S/C37H74O13/c1-3-5-6-7-8-9-10-11-13-39-15-17-41-19-21-43-23-25-45-27-29-47-31-33-49-35-37-50-36-34-48-32-30-46-28-26-44-24-22-42-20-18-40-16-14-38-12-4-2/h4H,2-3,5-37H2,1H3. The molecule has 13 heteroatoms. The Morgan fingerprint density at radius 3 is 0.700 bits per heavy atom. The summed E-state index contributed by atoms with van der Waals surface area (Å²) in [6, 6.07) is 0. The lowest BCUT2D eigenvalue weighted by molar-refractivity contribution is -0.0289. The third-order valence-electron chi connectivity index (χ3n) is 6.84. The molecular weight excluding hydrogens is 652 g/mol. The van der Waals surface area contributed by atoms with Crippen LogP contribution in [0.5, 0.6) is 0 Å². The highest BCUT2D eigenvalue weighted by atomic mass is 16.6. The van der Waals surface area contributed by atoms with Crippen molar-refractivity contribution in [2.75, 3.05) is 172 Å². The van der Waals surface area contributed by atoms with Gasteiger partial charge in [0.25, 0.3) is 0 Å². The molecule has 0 saturated heterocycles. The van der Waals surface area contributed by atoms with Crippen LogP contribution in [0.3, 0.4) is 0 Å². The molecule has 0 aliphatic heterocycles. The van der Waals surface area contributed by atoms with Crippen LogP contribution in [0.2, 0.25) is 0 Å². The van der Waals surface area contributed by atoms with Gasteiger partial charge in [0.05, 0.1) is 165 Å². The molecule has 0 heterocycles. The van der Waals surface area contributed by atoms with E-state index in [0.717, 1.165) is 13.0 Å². The van der Waals surface area contributed by atoms with Gasteiger partial charge in [-0.25, -0.2) is 0 Å². The van der Waals surface area contributed by atoms with Gasteiger partial charge in [-0.2, -0.15) is 0 Å². The van der Waals surface area contributed by atoms with Crippen molar-refractivity contribution < 1.29 is 61.6 Å². The predicted molar refractivity (Wildman–Crippen MR) is 193 cm³/mol. The van der Waals surface area contributed by atoms with E-state index in [1.165, 1.54) is 44.9 Å². The molecular formula is C37H74O13. The Labute approximate surface area is 304 Å². The molecule has 0 aromatic heterocycles. The van der Waals surface area contributed by atoms with Gasteiger partial charge in [0, 0.05) is 6.61 Å². The highest BCUT2D eigenvalue weighted by Gasteiger charge is 1.97. The van der Waals surface area contributed by atoms with E-state index < -0.39 is 0 Å². The van der Waals surface area contributed by atoms with Crippen LogP contribution in [0, 0.1) is 0 Å². The maximum Gasteiger partial charge on any atom is 0.0704 e. The molecule has 0 atom stereocenters. The molecule has 0 bridgehead atoms. The first-order chi connectivity index (χ1) is 24.9. The first kappa shape index (κ1) is 49.2. The lowest BCUT2D eigenvalue weighted by Crippen LogP contribution is -2.15. The van der Waals surface area contributed by atoms with Crippen molar-refractivity contribution in [1.29, 1.82) is 0 Å². The van der Waals surface area contributed by atoms with Crippen molar-refractivity contribution in [2.24, 2.45) is 0 Å². The second-order valence-electron chi connectivity index (χ2n) is 11.2. The lowest BCUT2D eigenvalue weighted by Gasteiger charge is -2.09. The molecule has 0 aromatic rings. The SMILES string of the molecule is C=CCOCCOCCOCCOCCOCCOCCOCCOCCOCCOCCOCCOCCOCCCCCCCCCC. The average molecular weight is 727 g/mol. The van der Waals surface area contributed by atoms with Crippen molar-refractivity contribution >= 4 is 0 Å². The minimum absolute atomic E-state index is 0.513. The van der Waals surface area contributed by atoms with Crippen molar-refractivity contribution in [3.05, 3.63) is 12.7 Å². The molecule has 0 spiro atoms. The fourth-order valence-corrected chi connectivity index (χ4v) is 4.14. The van der Waals surface area contributed by atoms with E-state index in [1.54, 1.807) is 6.08 Å². The Balaban J connectivity index is 3.04. The summed E-state index contributed by atoms with van der Waals surface area (Å²) in [4.78, 5) is 0. The molecule has 50 heavy (non-hydrogen) atoms. The van der Waals surface area contributed by atoms with Gasteiger partial charge in [-0.15, -0.1) is 6.58 Å². The highest BCUT2D eigenvalue weighted by Crippen LogP contribution is 2.08. The monoisotopic (exact) mass is 727 g/mol. The quantitative estimate of drug-likeness (QED) is 0.0646. The molecule has 0 N–H and O–H groups in total. The molecule has 0 saturated carbocycles. The minimum atomic E-state index is 0.513. The van der Waals surface area contributed by atoms with Crippen molar-refractivity contribution in [2.45, 2.75) is 58.3 Å². The van der Waals surface area contributed by atoms with Crippen LogP contribution >= 0.6 is 0 Å². The van der Waals surface area contributed by atoms with E-state index >= 15 is 0 Å². The molecule has 0 unspecified atom stereocenters. The summed E-state index contributed by atoms with van der Waals surface area (Å²) in [6.07, 6.45) is 12.2. The normalized spacial score (nSPS) is 11.5. The van der Waals surface area contributed by atoms with Crippen LogP contribution in [-0.4, -0.2) is 172 Å². The third-order valence-corrected chi connectivity index (χ3v) is 6.84. The summed E-state index contributed by atoms with van der Waals surface area (Å²) in [5, 5.41) is 0. The highest BCUT2D eigenvalue weighted by molar-refractivity contribution is 4.63. The van der Waals surface area contributed by atoms with Gasteiger partial charge < -0.3 is 61.6 Å². The van der Waals surface area contributed by atoms with Gasteiger partial charge in [-0.1, -0.05) is 57.9 Å². The van der Waals surface area contributed by atoms with Crippen LogP contribution in [0.15, 0.2) is 12.7 Å².